The molecule has 1 saturated heterocycles. The van der Waals surface area contributed by atoms with Crippen LogP contribution in [-0.4, -0.2) is 74.0 Å². The molecule has 1 fully saturated rings. The standard InChI is InChI=1S/C18H24ClN3OS/c1-20-10-12-22(13-11-20)9-5-8-21(2)18(23)17-16(19)14-6-3-4-7-15(14)24-17/h3-4,6-7H,5,8-13H2,1-2H3. The Morgan fingerprint density at radius 2 is 1.96 bits per heavy atom. The van der Waals surface area contributed by atoms with Gasteiger partial charge < -0.3 is 14.7 Å². The number of benzene rings is 1. The van der Waals surface area contributed by atoms with E-state index < -0.39 is 0 Å². The first-order valence-corrected chi connectivity index (χ1v) is 9.59. The maximum absolute atomic E-state index is 12.7. The molecule has 1 aliphatic rings. The topological polar surface area (TPSA) is 26.8 Å². The van der Waals surface area contributed by atoms with Crippen molar-refractivity contribution in [1.82, 2.24) is 14.7 Å². The Morgan fingerprint density at radius 3 is 2.67 bits per heavy atom. The van der Waals surface area contributed by atoms with Crippen LogP contribution >= 0.6 is 22.9 Å². The summed E-state index contributed by atoms with van der Waals surface area (Å²) in [4.78, 5) is 20.0. The zero-order valence-electron chi connectivity index (χ0n) is 14.3. The number of halogens is 1. The molecule has 1 aliphatic heterocycles. The van der Waals surface area contributed by atoms with Crippen molar-refractivity contribution in [3.8, 4) is 0 Å². The number of piperazine rings is 1. The fraction of sp³-hybridized carbons (Fsp3) is 0.500. The van der Waals surface area contributed by atoms with E-state index in [1.54, 1.807) is 4.90 Å². The maximum atomic E-state index is 12.7. The van der Waals surface area contributed by atoms with Crippen LogP contribution in [0.1, 0.15) is 16.1 Å². The summed E-state index contributed by atoms with van der Waals surface area (Å²) in [6.07, 6.45) is 0.995. The molecule has 24 heavy (non-hydrogen) atoms. The van der Waals surface area contributed by atoms with Gasteiger partial charge in [0.1, 0.15) is 4.88 Å². The minimum atomic E-state index is 0.0274. The molecule has 0 aliphatic carbocycles. The minimum Gasteiger partial charge on any atom is -0.341 e. The molecule has 0 bridgehead atoms. The summed E-state index contributed by atoms with van der Waals surface area (Å²) in [5.41, 5.74) is 0. The molecule has 1 aromatic carbocycles. The number of likely N-dealkylation sites (N-methyl/N-ethyl adjacent to an activating group) is 1. The number of fused-ring (bicyclic) bond motifs is 1. The van der Waals surface area contributed by atoms with Gasteiger partial charge in [0, 0.05) is 49.9 Å². The summed E-state index contributed by atoms with van der Waals surface area (Å²) < 4.78 is 1.07. The molecular formula is C18H24ClN3OS. The van der Waals surface area contributed by atoms with E-state index in [2.05, 4.69) is 16.8 Å². The number of carbonyl (C=O) groups is 1. The molecule has 3 rings (SSSR count). The highest BCUT2D eigenvalue weighted by Gasteiger charge is 2.20. The molecular weight excluding hydrogens is 342 g/mol. The molecule has 0 N–H and O–H groups in total. The van der Waals surface area contributed by atoms with E-state index in [9.17, 15) is 4.79 Å². The van der Waals surface area contributed by atoms with Crippen LogP contribution in [0.4, 0.5) is 0 Å². The van der Waals surface area contributed by atoms with Crippen LogP contribution in [0, 0.1) is 0 Å². The highest BCUT2D eigenvalue weighted by molar-refractivity contribution is 7.21. The van der Waals surface area contributed by atoms with Crippen LogP contribution in [0.2, 0.25) is 5.02 Å². The first-order chi connectivity index (χ1) is 11.6. The molecule has 0 radical (unpaired) electrons. The Hall–Kier alpha value is -1.14. The highest BCUT2D eigenvalue weighted by Crippen LogP contribution is 2.35. The summed E-state index contributed by atoms with van der Waals surface area (Å²) in [5, 5.41) is 1.56. The number of carbonyl (C=O) groups excluding carboxylic acids is 1. The number of amides is 1. The molecule has 0 unspecified atom stereocenters. The van der Waals surface area contributed by atoms with Crippen LogP contribution in [0.5, 0.6) is 0 Å². The zero-order valence-corrected chi connectivity index (χ0v) is 15.9. The Bertz CT molecular complexity index is 709. The van der Waals surface area contributed by atoms with Crippen LogP contribution in [0.15, 0.2) is 24.3 Å². The number of thiophene rings is 1. The normalized spacial score (nSPS) is 16.6. The van der Waals surface area contributed by atoms with Crippen molar-refractivity contribution in [3.63, 3.8) is 0 Å². The predicted octanol–water partition coefficient (Wildman–Crippen LogP) is 3.26. The van der Waals surface area contributed by atoms with Gasteiger partial charge in [-0.05, 0) is 26.1 Å². The van der Waals surface area contributed by atoms with Gasteiger partial charge in [0.05, 0.1) is 5.02 Å². The Balaban J connectivity index is 1.55. The van der Waals surface area contributed by atoms with Gasteiger partial charge in [-0.1, -0.05) is 29.8 Å². The highest BCUT2D eigenvalue weighted by atomic mass is 35.5. The summed E-state index contributed by atoms with van der Waals surface area (Å²) in [6.45, 7) is 6.31. The summed E-state index contributed by atoms with van der Waals surface area (Å²) in [6, 6.07) is 7.91. The van der Waals surface area contributed by atoms with Crippen LogP contribution in [0.25, 0.3) is 10.1 Å². The van der Waals surface area contributed by atoms with Crippen molar-refractivity contribution in [2.45, 2.75) is 6.42 Å². The molecule has 0 atom stereocenters. The lowest BCUT2D eigenvalue weighted by molar-refractivity contribution is 0.0788. The monoisotopic (exact) mass is 365 g/mol. The number of nitrogens with zero attached hydrogens (tertiary/aromatic N) is 3. The van der Waals surface area contributed by atoms with Crippen LogP contribution < -0.4 is 0 Å². The predicted molar refractivity (Wildman–Crippen MR) is 102 cm³/mol. The summed E-state index contributed by atoms with van der Waals surface area (Å²) in [5.74, 6) is 0.0274. The van der Waals surface area contributed by atoms with Crippen molar-refractivity contribution in [2.24, 2.45) is 0 Å². The first kappa shape index (κ1) is 17.7. The largest absolute Gasteiger partial charge is 0.341 e. The minimum absolute atomic E-state index is 0.0274. The van der Waals surface area contributed by atoms with Gasteiger partial charge in [-0.2, -0.15) is 0 Å². The molecule has 2 aromatic rings. The van der Waals surface area contributed by atoms with Gasteiger partial charge in [0.15, 0.2) is 0 Å². The van der Waals surface area contributed by atoms with Crippen molar-refractivity contribution < 1.29 is 4.79 Å². The molecule has 1 aromatic heterocycles. The molecule has 4 nitrogen and oxygen atoms in total. The van der Waals surface area contributed by atoms with E-state index in [1.807, 2.05) is 31.3 Å². The molecule has 6 heteroatoms. The molecule has 0 spiro atoms. The summed E-state index contributed by atoms with van der Waals surface area (Å²) >= 11 is 7.90. The van der Waals surface area contributed by atoms with Crippen LogP contribution in [-0.2, 0) is 0 Å². The van der Waals surface area contributed by atoms with Gasteiger partial charge in [-0.25, -0.2) is 0 Å². The molecule has 1 amide bonds. The Kier molecular flexibility index (Phi) is 5.76. The third-order valence-electron chi connectivity index (χ3n) is 4.64. The van der Waals surface area contributed by atoms with Crippen molar-refractivity contribution in [2.75, 3.05) is 53.4 Å². The second-order valence-corrected chi connectivity index (χ2v) is 7.90. The Morgan fingerprint density at radius 1 is 1.25 bits per heavy atom. The molecule has 0 saturated carbocycles. The van der Waals surface area contributed by atoms with Crippen molar-refractivity contribution in [1.29, 1.82) is 0 Å². The van der Waals surface area contributed by atoms with Gasteiger partial charge in [-0.15, -0.1) is 11.3 Å². The van der Waals surface area contributed by atoms with E-state index >= 15 is 0 Å². The van der Waals surface area contributed by atoms with E-state index in [0.29, 0.717) is 9.90 Å². The zero-order chi connectivity index (χ0) is 17.1. The SMILES string of the molecule is CN1CCN(CCCN(C)C(=O)c2sc3ccccc3c2Cl)CC1. The lowest BCUT2D eigenvalue weighted by atomic mass is 10.2. The van der Waals surface area contributed by atoms with Gasteiger partial charge in [0.25, 0.3) is 5.91 Å². The second kappa shape index (κ2) is 7.83. The number of rotatable bonds is 5. The lowest BCUT2D eigenvalue weighted by Crippen LogP contribution is -2.45. The Labute approximate surface area is 152 Å². The van der Waals surface area contributed by atoms with Crippen molar-refractivity contribution in [3.05, 3.63) is 34.2 Å². The lowest BCUT2D eigenvalue weighted by Gasteiger charge is -2.32. The van der Waals surface area contributed by atoms with Gasteiger partial charge in [0.2, 0.25) is 0 Å². The fourth-order valence-electron chi connectivity index (χ4n) is 3.03. The third-order valence-corrected chi connectivity index (χ3v) is 6.30. The second-order valence-electron chi connectivity index (χ2n) is 6.47. The average Bonchev–Trinajstić information content (AvgIpc) is 2.93. The maximum Gasteiger partial charge on any atom is 0.265 e. The smallest absolute Gasteiger partial charge is 0.265 e. The molecule has 2 heterocycles. The van der Waals surface area contributed by atoms with E-state index in [4.69, 9.17) is 11.6 Å². The van der Waals surface area contributed by atoms with E-state index in [0.717, 1.165) is 55.8 Å². The fourth-order valence-corrected chi connectivity index (χ4v) is 4.54. The number of hydrogen-bond acceptors (Lipinski definition) is 4. The quantitative estimate of drug-likeness (QED) is 0.813. The van der Waals surface area contributed by atoms with Gasteiger partial charge in [-0.3, -0.25) is 4.79 Å². The van der Waals surface area contributed by atoms with Crippen LogP contribution in [0.3, 0.4) is 0 Å². The third kappa shape index (κ3) is 3.91. The first-order valence-electron chi connectivity index (χ1n) is 8.39. The van der Waals surface area contributed by atoms with Crippen molar-refractivity contribution >= 4 is 38.9 Å². The molecule has 130 valence electrons. The van der Waals surface area contributed by atoms with E-state index in [1.165, 1.54) is 11.3 Å². The van der Waals surface area contributed by atoms with E-state index in [-0.39, 0.29) is 5.91 Å². The number of hydrogen-bond donors (Lipinski definition) is 0. The summed E-state index contributed by atoms with van der Waals surface area (Å²) in [7, 11) is 4.03. The van der Waals surface area contributed by atoms with Gasteiger partial charge >= 0.3 is 0 Å². The average molecular weight is 366 g/mol.